The normalized spacial score (nSPS) is 16.9. The van der Waals surface area contributed by atoms with E-state index in [0.29, 0.717) is 22.0 Å². The Balaban J connectivity index is 1.92. The van der Waals surface area contributed by atoms with Crippen molar-refractivity contribution in [2.24, 2.45) is 0 Å². The highest BCUT2D eigenvalue weighted by Gasteiger charge is 2.31. The smallest absolute Gasteiger partial charge is 0.319 e. The van der Waals surface area contributed by atoms with Crippen molar-refractivity contribution in [3.05, 3.63) is 74.0 Å². The van der Waals surface area contributed by atoms with E-state index in [1.165, 1.54) is 0 Å². The Hall–Kier alpha value is -2.06. The van der Waals surface area contributed by atoms with Crippen LogP contribution in [0.2, 0.25) is 5.02 Å². The van der Waals surface area contributed by atoms with Gasteiger partial charge in [-0.3, -0.25) is 4.79 Å². The maximum Gasteiger partial charge on any atom is 0.319 e. The Bertz CT molecular complexity index is 848. The van der Waals surface area contributed by atoms with E-state index in [9.17, 15) is 9.59 Å². The van der Waals surface area contributed by atoms with Crippen molar-refractivity contribution in [3.63, 3.8) is 0 Å². The lowest BCUT2D eigenvalue weighted by atomic mass is 9.95. The molecule has 3 N–H and O–H groups in total. The van der Waals surface area contributed by atoms with Crippen LogP contribution in [0.5, 0.6) is 0 Å². The van der Waals surface area contributed by atoms with Gasteiger partial charge in [0.15, 0.2) is 0 Å². The zero-order chi connectivity index (χ0) is 18.0. The monoisotopic (exact) mass is 467 g/mol. The summed E-state index contributed by atoms with van der Waals surface area (Å²) in [6.07, 6.45) is 0. The predicted molar refractivity (Wildman–Crippen MR) is 106 cm³/mol. The Morgan fingerprint density at radius 3 is 2.40 bits per heavy atom. The minimum absolute atomic E-state index is 0.272. The van der Waals surface area contributed by atoms with Gasteiger partial charge in [-0.15, -0.1) is 0 Å². The van der Waals surface area contributed by atoms with Crippen LogP contribution < -0.4 is 16.0 Å². The number of hydrogen-bond acceptors (Lipinski definition) is 2. The average molecular weight is 468 g/mol. The Morgan fingerprint density at radius 1 is 1.12 bits per heavy atom. The fraction of sp³-hybridized carbons (Fsp3) is 0.111. The highest BCUT2D eigenvalue weighted by atomic mass is 127. The molecule has 0 aliphatic carbocycles. The molecule has 0 radical (unpaired) electrons. The van der Waals surface area contributed by atoms with E-state index >= 15 is 0 Å². The third-order valence-corrected chi connectivity index (χ3v) is 4.79. The number of halogens is 2. The molecule has 0 saturated heterocycles. The van der Waals surface area contributed by atoms with E-state index in [4.69, 9.17) is 11.6 Å². The molecule has 0 bridgehead atoms. The van der Waals surface area contributed by atoms with Crippen molar-refractivity contribution in [2.45, 2.75) is 13.0 Å². The predicted octanol–water partition coefficient (Wildman–Crippen LogP) is 4.21. The van der Waals surface area contributed by atoms with E-state index in [-0.39, 0.29) is 11.9 Å². The second-order valence-corrected chi connectivity index (χ2v) is 7.26. The molecule has 1 unspecified atom stereocenters. The maximum atomic E-state index is 12.8. The lowest BCUT2D eigenvalue weighted by molar-refractivity contribution is -0.113. The third kappa shape index (κ3) is 4.13. The first-order valence-corrected chi connectivity index (χ1v) is 9.00. The van der Waals surface area contributed by atoms with Crippen LogP contribution in [-0.4, -0.2) is 11.9 Å². The number of urea groups is 1. The fourth-order valence-electron chi connectivity index (χ4n) is 2.63. The second kappa shape index (κ2) is 7.45. The SMILES string of the molecule is CC1=C(C(=O)Nc2ccc(I)cc2)C(c2ccc(Cl)cc2)NC(=O)N1. The van der Waals surface area contributed by atoms with Crippen LogP contribution in [0.15, 0.2) is 59.8 Å². The molecule has 5 nitrogen and oxygen atoms in total. The maximum absolute atomic E-state index is 12.8. The molecular weight excluding hydrogens is 453 g/mol. The van der Waals surface area contributed by atoms with Crippen molar-refractivity contribution < 1.29 is 9.59 Å². The van der Waals surface area contributed by atoms with Gasteiger partial charge in [0.05, 0.1) is 11.6 Å². The summed E-state index contributed by atoms with van der Waals surface area (Å²) in [5.41, 5.74) is 2.45. The highest BCUT2D eigenvalue weighted by Crippen LogP contribution is 2.28. The van der Waals surface area contributed by atoms with E-state index < -0.39 is 6.04 Å². The third-order valence-electron chi connectivity index (χ3n) is 3.82. The molecule has 0 spiro atoms. The minimum Gasteiger partial charge on any atom is -0.327 e. The van der Waals surface area contributed by atoms with Gasteiger partial charge in [0, 0.05) is 20.0 Å². The summed E-state index contributed by atoms with van der Waals surface area (Å²) in [5, 5.41) is 8.92. The molecule has 1 aliphatic heterocycles. The van der Waals surface area contributed by atoms with Gasteiger partial charge in [-0.2, -0.15) is 0 Å². The number of nitrogens with one attached hydrogen (secondary N) is 3. The van der Waals surface area contributed by atoms with Gasteiger partial charge < -0.3 is 16.0 Å². The second-order valence-electron chi connectivity index (χ2n) is 5.58. The van der Waals surface area contributed by atoms with Crippen LogP contribution in [0.1, 0.15) is 18.5 Å². The number of allylic oxidation sites excluding steroid dienone is 1. The van der Waals surface area contributed by atoms with Gasteiger partial charge in [0.25, 0.3) is 5.91 Å². The van der Waals surface area contributed by atoms with Gasteiger partial charge in [0.2, 0.25) is 0 Å². The molecule has 3 rings (SSSR count). The molecule has 0 aromatic heterocycles. The number of carbonyl (C=O) groups is 2. The molecule has 1 atom stereocenters. The highest BCUT2D eigenvalue weighted by molar-refractivity contribution is 14.1. The van der Waals surface area contributed by atoms with Crippen LogP contribution in [0.3, 0.4) is 0 Å². The topological polar surface area (TPSA) is 70.2 Å². The van der Waals surface area contributed by atoms with Crippen molar-refractivity contribution in [3.8, 4) is 0 Å². The average Bonchev–Trinajstić information content (AvgIpc) is 2.57. The van der Waals surface area contributed by atoms with E-state index in [2.05, 4.69) is 38.5 Å². The number of anilines is 1. The largest absolute Gasteiger partial charge is 0.327 e. The summed E-state index contributed by atoms with van der Waals surface area (Å²) in [5.74, 6) is -0.272. The summed E-state index contributed by atoms with van der Waals surface area (Å²) in [7, 11) is 0. The van der Waals surface area contributed by atoms with Crippen LogP contribution >= 0.6 is 34.2 Å². The van der Waals surface area contributed by atoms with Crippen molar-refractivity contribution >= 4 is 51.8 Å². The molecule has 2 aromatic carbocycles. The lowest BCUT2D eigenvalue weighted by Gasteiger charge is -2.28. The summed E-state index contributed by atoms with van der Waals surface area (Å²) < 4.78 is 1.08. The zero-order valence-corrected chi connectivity index (χ0v) is 16.2. The number of benzene rings is 2. The van der Waals surface area contributed by atoms with Gasteiger partial charge in [-0.05, 0) is 71.5 Å². The van der Waals surface area contributed by atoms with Gasteiger partial charge in [-0.25, -0.2) is 4.79 Å². The van der Waals surface area contributed by atoms with Crippen molar-refractivity contribution in [1.82, 2.24) is 10.6 Å². The molecule has 0 saturated carbocycles. The number of rotatable bonds is 3. The van der Waals surface area contributed by atoms with Crippen LogP contribution in [0, 0.1) is 3.57 Å². The number of amides is 3. The number of carbonyl (C=O) groups excluding carboxylic acids is 2. The molecule has 25 heavy (non-hydrogen) atoms. The van der Waals surface area contributed by atoms with Gasteiger partial charge >= 0.3 is 6.03 Å². The lowest BCUT2D eigenvalue weighted by Crippen LogP contribution is -2.45. The summed E-state index contributed by atoms with van der Waals surface area (Å²) in [4.78, 5) is 24.7. The molecule has 0 fully saturated rings. The Kier molecular flexibility index (Phi) is 5.29. The summed E-state index contributed by atoms with van der Waals surface area (Å²) >= 11 is 8.14. The first-order valence-electron chi connectivity index (χ1n) is 7.54. The van der Waals surface area contributed by atoms with Gasteiger partial charge in [0.1, 0.15) is 0 Å². The minimum atomic E-state index is -0.546. The summed E-state index contributed by atoms with van der Waals surface area (Å²) in [6, 6.07) is 13.7. The van der Waals surface area contributed by atoms with Crippen LogP contribution in [-0.2, 0) is 4.79 Å². The van der Waals surface area contributed by atoms with E-state index in [1.54, 1.807) is 31.2 Å². The molecule has 7 heteroatoms. The Morgan fingerprint density at radius 2 is 1.76 bits per heavy atom. The van der Waals surface area contributed by atoms with Gasteiger partial charge in [-0.1, -0.05) is 23.7 Å². The zero-order valence-electron chi connectivity index (χ0n) is 13.3. The molecular formula is C18H15ClIN3O2. The molecule has 2 aromatic rings. The fourth-order valence-corrected chi connectivity index (χ4v) is 3.12. The standard InChI is InChI=1S/C18H15ClIN3O2/c1-10-15(17(24)22-14-8-6-13(20)7-9-14)16(23-18(25)21-10)11-2-4-12(19)5-3-11/h2-9,16H,1H3,(H,22,24)(H2,21,23,25). The van der Waals surface area contributed by atoms with Crippen molar-refractivity contribution in [1.29, 1.82) is 0 Å². The molecule has 1 heterocycles. The quantitative estimate of drug-likeness (QED) is 0.592. The van der Waals surface area contributed by atoms with E-state index in [1.807, 2.05) is 24.3 Å². The van der Waals surface area contributed by atoms with Crippen molar-refractivity contribution in [2.75, 3.05) is 5.32 Å². The molecule has 1 aliphatic rings. The first-order chi connectivity index (χ1) is 11.9. The Labute approximate surface area is 164 Å². The van der Waals surface area contributed by atoms with Crippen LogP contribution in [0.4, 0.5) is 10.5 Å². The van der Waals surface area contributed by atoms with E-state index in [0.717, 1.165) is 9.13 Å². The van der Waals surface area contributed by atoms with Crippen LogP contribution in [0.25, 0.3) is 0 Å². The molecule has 3 amide bonds. The molecule has 128 valence electrons. The first kappa shape index (κ1) is 17.8. The number of hydrogen-bond donors (Lipinski definition) is 3. The summed E-state index contributed by atoms with van der Waals surface area (Å²) in [6.45, 7) is 1.71.